The van der Waals surface area contributed by atoms with Gasteiger partial charge in [-0.2, -0.15) is 0 Å². The van der Waals surface area contributed by atoms with E-state index in [2.05, 4.69) is 10.3 Å². The van der Waals surface area contributed by atoms with Crippen molar-refractivity contribution in [3.63, 3.8) is 0 Å². The van der Waals surface area contributed by atoms with Gasteiger partial charge >= 0.3 is 0 Å². The molecule has 0 fully saturated rings. The molecule has 0 saturated heterocycles. The first-order valence-electron chi connectivity index (χ1n) is 9.25. The molecule has 29 heavy (non-hydrogen) atoms. The number of hydrogen-bond acceptors (Lipinski definition) is 7. The predicted molar refractivity (Wildman–Crippen MR) is 104 cm³/mol. The number of aromatic nitrogens is 3. The van der Waals surface area contributed by atoms with Crippen LogP contribution in [0.15, 0.2) is 36.5 Å². The molecule has 2 atom stereocenters. The fraction of sp³-hybridized carbons (Fsp3) is 0.421. The molecule has 3 rings (SSSR count). The molecule has 1 aromatic carbocycles. The minimum absolute atomic E-state index is 0.0107. The van der Waals surface area contributed by atoms with E-state index < -0.39 is 22.3 Å². The van der Waals surface area contributed by atoms with Crippen LogP contribution in [-0.2, 0) is 23.4 Å². The van der Waals surface area contributed by atoms with Crippen molar-refractivity contribution >= 4 is 17.3 Å². The highest BCUT2D eigenvalue weighted by Gasteiger charge is 2.52. The van der Waals surface area contributed by atoms with Gasteiger partial charge in [0.1, 0.15) is 0 Å². The lowest BCUT2D eigenvalue weighted by molar-refractivity contribution is -0.385. The minimum atomic E-state index is -1.87. The number of anilines is 1. The van der Waals surface area contributed by atoms with Gasteiger partial charge in [-0.15, -0.1) is 5.10 Å². The van der Waals surface area contributed by atoms with Crippen LogP contribution in [0.1, 0.15) is 24.6 Å². The topological polar surface area (TPSA) is 135 Å². The molecule has 0 radical (unpaired) electrons. The van der Waals surface area contributed by atoms with Crippen molar-refractivity contribution in [1.82, 2.24) is 15.0 Å². The molecule has 2 heterocycles. The van der Waals surface area contributed by atoms with E-state index in [1.54, 1.807) is 23.9 Å². The zero-order chi connectivity index (χ0) is 21.2. The van der Waals surface area contributed by atoms with E-state index in [0.29, 0.717) is 30.8 Å². The van der Waals surface area contributed by atoms with Gasteiger partial charge in [0.25, 0.3) is 11.6 Å². The van der Waals surface area contributed by atoms with E-state index in [4.69, 9.17) is 5.11 Å². The standard InChI is InChI=1S/C19H23N5O5/c1-13(5-3-4-9-23-12-14(8-10-25)20-21-23)19(27)16-11-15(24(28)29)6-7-17(16)22(2)18(19)26/h3,5-7,11-13,25,27H,4,8-10H2,1-2H3/b5-3+/t13-,19+/m0/s1. The average molecular weight is 401 g/mol. The number of carbonyl (C=O) groups excluding carboxylic acids is 1. The summed E-state index contributed by atoms with van der Waals surface area (Å²) in [6.07, 6.45) is 6.35. The second-order valence-corrected chi connectivity index (χ2v) is 7.04. The van der Waals surface area contributed by atoms with E-state index >= 15 is 0 Å². The van der Waals surface area contributed by atoms with Crippen LogP contribution < -0.4 is 4.90 Å². The van der Waals surface area contributed by atoms with Crippen molar-refractivity contribution in [2.75, 3.05) is 18.6 Å². The molecule has 1 aliphatic rings. The number of carbonyl (C=O) groups is 1. The highest BCUT2D eigenvalue weighted by atomic mass is 16.6. The van der Waals surface area contributed by atoms with Gasteiger partial charge in [0.2, 0.25) is 0 Å². The number of nitro benzene ring substituents is 1. The Morgan fingerprint density at radius 1 is 1.41 bits per heavy atom. The lowest BCUT2D eigenvalue weighted by Gasteiger charge is -2.26. The van der Waals surface area contributed by atoms with Crippen LogP contribution in [0, 0.1) is 16.0 Å². The summed E-state index contributed by atoms with van der Waals surface area (Å²) in [5, 5.41) is 39.2. The van der Waals surface area contributed by atoms with Gasteiger partial charge in [0, 0.05) is 56.4 Å². The number of rotatable bonds is 8. The number of aliphatic hydroxyl groups is 2. The first-order valence-corrected chi connectivity index (χ1v) is 9.25. The molecule has 10 nitrogen and oxygen atoms in total. The van der Waals surface area contributed by atoms with Crippen molar-refractivity contribution in [3.8, 4) is 0 Å². The lowest BCUT2D eigenvalue weighted by Crippen LogP contribution is -2.43. The monoisotopic (exact) mass is 401 g/mol. The number of nitrogens with zero attached hydrogens (tertiary/aromatic N) is 5. The number of aryl methyl sites for hydroxylation is 1. The number of aliphatic hydroxyl groups excluding tert-OH is 1. The van der Waals surface area contributed by atoms with Gasteiger partial charge < -0.3 is 15.1 Å². The first kappa shape index (κ1) is 20.6. The lowest BCUT2D eigenvalue weighted by atomic mass is 9.82. The smallest absolute Gasteiger partial charge is 0.269 e. The zero-order valence-electron chi connectivity index (χ0n) is 16.2. The van der Waals surface area contributed by atoms with Crippen molar-refractivity contribution in [2.24, 2.45) is 5.92 Å². The highest BCUT2D eigenvalue weighted by molar-refractivity contribution is 6.07. The number of hydrogen-bond donors (Lipinski definition) is 2. The van der Waals surface area contributed by atoms with E-state index in [1.807, 2.05) is 6.08 Å². The van der Waals surface area contributed by atoms with Crippen molar-refractivity contribution in [3.05, 3.63) is 57.9 Å². The molecule has 1 aromatic heterocycles. The fourth-order valence-electron chi connectivity index (χ4n) is 3.48. The van der Waals surface area contributed by atoms with E-state index in [0.717, 1.165) is 0 Å². The van der Waals surface area contributed by atoms with Crippen LogP contribution in [0.3, 0.4) is 0 Å². The molecule has 1 aliphatic heterocycles. The van der Waals surface area contributed by atoms with E-state index in [9.17, 15) is 20.0 Å². The highest BCUT2D eigenvalue weighted by Crippen LogP contribution is 2.45. The van der Waals surface area contributed by atoms with Crippen LogP contribution in [0.25, 0.3) is 0 Å². The summed E-state index contributed by atoms with van der Waals surface area (Å²) in [5.41, 5.74) is -0.638. The Bertz CT molecular complexity index is 956. The quantitative estimate of drug-likeness (QED) is 0.385. The number of non-ortho nitro benzene ring substituents is 1. The summed E-state index contributed by atoms with van der Waals surface area (Å²) in [4.78, 5) is 24.6. The zero-order valence-corrected chi connectivity index (χ0v) is 16.2. The van der Waals surface area contributed by atoms with Crippen LogP contribution in [0.4, 0.5) is 11.4 Å². The number of allylic oxidation sites excluding steroid dienone is 1. The van der Waals surface area contributed by atoms with Crippen molar-refractivity contribution < 1.29 is 19.9 Å². The summed E-state index contributed by atoms with van der Waals surface area (Å²) < 4.78 is 1.65. The average Bonchev–Trinajstić information content (AvgIpc) is 3.23. The Balaban J connectivity index is 1.74. The summed E-state index contributed by atoms with van der Waals surface area (Å²) in [6.45, 7) is 2.26. The SMILES string of the molecule is C[C@@H](/C=C/CCn1cc(CCO)nn1)[C@]1(O)C(=O)N(C)c2ccc([N+](=O)[O-])cc21. The Morgan fingerprint density at radius 2 is 2.17 bits per heavy atom. The molecule has 10 heteroatoms. The molecule has 0 unspecified atom stereocenters. The molecule has 2 aromatic rings. The number of likely N-dealkylation sites (N-methyl/N-ethyl adjacent to an activating group) is 1. The van der Waals surface area contributed by atoms with Crippen LogP contribution in [-0.4, -0.2) is 49.7 Å². The molecule has 0 aliphatic carbocycles. The van der Waals surface area contributed by atoms with Gasteiger partial charge in [-0.3, -0.25) is 19.6 Å². The second kappa shape index (κ2) is 8.10. The van der Waals surface area contributed by atoms with Crippen molar-refractivity contribution in [1.29, 1.82) is 0 Å². The Labute approximate surface area is 167 Å². The third-order valence-electron chi connectivity index (χ3n) is 5.16. The predicted octanol–water partition coefficient (Wildman–Crippen LogP) is 1.17. The normalized spacial score (nSPS) is 19.7. The molecule has 154 valence electrons. The third-order valence-corrected chi connectivity index (χ3v) is 5.16. The number of benzene rings is 1. The summed E-state index contributed by atoms with van der Waals surface area (Å²) in [7, 11) is 1.54. The molecule has 2 N–H and O–H groups in total. The summed E-state index contributed by atoms with van der Waals surface area (Å²) >= 11 is 0. The van der Waals surface area contributed by atoms with E-state index in [-0.39, 0.29) is 17.9 Å². The molecule has 0 spiro atoms. The Kier molecular flexibility index (Phi) is 5.76. The van der Waals surface area contributed by atoms with Gasteiger partial charge in [0.05, 0.1) is 16.3 Å². The number of amides is 1. The molecule has 1 amide bonds. The number of nitro groups is 1. The summed E-state index contributed by atoms with van der Waals surface area (Å²) in [5.74, 6) is -1.11. The van der Waals surface area contributed by atoms with Gasteiger partial charge in [0.15, 0.2) is 5.60 Å². The second-order valence-electron chi connectivity index (χ2n) is 7.04. The molecule has 0 bridgehead atoms. The van der Waals surface area contributed by atoms with E-state index in [1.165, 1.54) is 30.1 Å². The largest absolute Gasteiger partial charge is 0.396 e. The third kappa shape index (κ3) is 3.76. The maximum atomic E-state index is 12.8. The first-order chi connectivity index (χ1) is 13.8. The molecular weight excluding hydrogens is 378 g/mol. The summed E-state index contributed by atoms with van der Waals surface area (Å²) in [6, 6.07) is 4.06. The molecule has 0 saturated carbocycles. The molecular formula is C19H23N5O5. The van der Waals surface area contributed by atoms with Gasteiger partial charge in [-0.1, -0.05) is 24.3 Å². The number of fused-ring (bicyclic) bond motifs is 1. The Morgan fingerprint density at radius 3 is 2.86 bits per heavy atom. The fourth-order valence-corrected chi connectivity index (χ4v) is 3.48. The van der Waals surface area contributed by atoms with Crippen LogP contribution in [0.5, 0.6) is 0 Å². The maximum Gasteiger partial charge on any atom is 0.269 e. The minimum Gasteiger partial charge on any atom is -0.396 e. The maximum absolute atomic E-state index is 12.8. The van der Waals surface area contributed by atoms with Gasteiger partial charge in [-0.05, 0) is 12.5 Å². The van der Waals surface area contributed by atoms with Crippen LogP contribution in [0.2, 0.25) is 0 Å². The van der Waals surface area contributed by atoms with Crippen molar-refractivity contribution in [2.45, 2.75) is 31.9 Å². The van der Waals surface area contributed by atoms with Crippen LogP contribution >= 0.6 is 0 Å². The Hall–Kier alpha value is -3.11. The van der Waals surface area contributed by atoms with Gasteiger partial charge in [-0.25, -0.2) is 0 Å².